The van der Waals surface area contributed by atoms with Crippen LogP contribution in [0.15, 0.2) is 120 Å². The number of benzene rings is 4. The maximum atomic E-state index is 13.1. The van der Waals surface area contributed by atoms with Gasteiger partial charge in [-0.05, 0) is 72.3 Å². The van der Waals surface area contributed by atoms with Crippen LogP contribution >= 0.6 is 15.9 Å². The molecule has 0 spiro atoms. The minimum absolute atomic E-state index is 0.107. The number of hydrogen-bond donors (Lipinski definition) is 0. The number of hydrogen-bond acceptors (Lipinski definition) is 3. The Morgan fingerprint density at radius 3 is 1.94 bits per heavy atom. The molecule has 0 heterocycles. The standard InChI is InChI=1S/C28H20BrNO3/c29-23-17-15-22(16-18-23)27(31)19-14-21-8-7-13-26(20-21)33-28(32)30(24-9-3-1-4-10-24)25-11-5-2-6-12-25/h1-20H/b19-14+. The van der Waals surface area contributed by atoms with Crippen LogP contribution < -0.4 is 9.64 Å². The fourth-order valence-electron chi connectivity index (χ4n) is 3.22. The molecule has 5 heteroatoms. The molecule has 0 saturated carbocycles. The Kier molecular flexibility index (Phi) is 7.12. The number of ketones is 1. The molecule has 0 aliphatic heterocycles. The molecule has 0 radical (unpaired) electrons. The van der Waals surface area contributed by atoms with Crippen LogP contribution in [0.3, 0.4) is 0 Å². The van der Waals surface area contributed by atoms with Crippen molar-refractivity contribution in [3.63, 3.8) is 0 Å². The second-order valence-electron chi connectivity index (χ2n) is 7.15. The van der Waals surface area contributed by atoms with Crippen LogP contribution in [0.4, 0.5) is 16.2 Å². The summed E-state index contributed by atoms with van der Waals surface area (Å²) in [6.45, 7) is 0. The van der Waals surface area contributed by atoms with Crippen molar-refractivity contribution in [2.75, 3.05) is 4.90 Å². The van der Waals surface area contributed by atoms with Gasteiger partial charge in [0, 0.05) is 10.0 Å². The molecule has 0 unspecified atom stereocenters. The van der Waals surface area contributed by atoms with Gasteiger partial charge >= 0.3 is 6.09 Å². The van der Waals surface area contributed by atoms with Crippen LogP contribution in [0.25, 0.3) is 6.08 Å². The molecule has 0 fully saturated rings. The Bertz CT molecular complexity index is 1230. The highest BCUT2D eigenvalue weighted by atomic mass is 79.9. The van der Waals surface area contributed by atoms with Crippen LogP contribution in [0.5, 0.6) is 5.75 Å². The van der Waals surface area contributed by atoms with E-state index >= 15 is 0 Å². The smallest absolute Gasteiger partial charge is 0.410 e. The van der Waals surface area contributed by atoms with E-state index in [0.29, 0.717) is 22.7 Å². The van der Waals surface area contributed by atoms with Gasteiger partial charge in [0.2, 0.25) is 0 Å². The summed E-state index contributed by atoms with van der Waals surface area (Å²) in [6, 6.07) is 32.9. The lowest BCUT2D eigenvalue weighted by molar-refractivity contribution is 0.104. The number of ether oxygens (including phenoxy) is 1. The normalized spacial score (nSPS) is 10.7. The maximum absolute atomic E-state index is 13.1. The van der Waals surface area contributed by atoms with Gasteiger partial charge in [0.05, 0.1) is 11.4 Å². The maximum Gasteiger partial charge on any atom is 0.424 e. The van der Waals surface area contributed by atoms with Crippen molar-refractivity contribution in [3.05, 3.63) is 131 Å². The first-order valence-electron chi connectivity index (χ1n) is 10.3. The lowest BCUT2D eigenvalue weighted by atomic mass is 10.1. The molecule has 0 bridgehead atoms. The van der Waals surface area contributed by atoms with E-state index in [1.54, 1.807) is 36.4 Å². The van der Waals surface area contributed by atoms with Crippen molar-refractivity contribution in [1.29, 1.82) is 0 Å². The van der Waals surface area contributed by atoms with Crippen molar-refractivity contribution in [2.24, 2.45) is 0 Å². The Morgan fingerprint density at radius 1 is 0.727 bits per heavy atom. The van der Waals surface area contributed by atoms with E-state index in [-0.39, 0.29) is 5.78 Å². The molecular weight excluding hydrogens is 478 g/mol. The number of carbonyl (C=O) groups is 2. The lowest BCUT2D eigenvalue weighted by Gasteiger charge is -2.22. The quantitative estimate of drug-likeness (QED) is 0.202. The summed E-state index contributed by atoms with van der Waals surface area (Å²) in [5.41, 5.74) is 2.74. The van der Waals surface area contributed by atoms with Gasteiger partial charge in [0.15, 0.2) is 5.78 Å². The van der Waals surface area contributed by atoms with E-state index in [2.05, 4.69) is 15.9 Å². The van der Waals surface area contributed by atoms with Gasteiger partial charge in [-0.2, -0.15) is 0 Å². The highest BCUT2D eigenvalue weighted by Crippen LogP contribution is 2.27. The first-order valence-corrected chi connectivity index (χ1v) is 11.1. The van der Waals surface area contributed by atoms with E-state index in [4.69, 9.17) is 4.74 Å². The fourth-order valence-corrected chi connectivity index (χ4v) is 3.49. The van der Waals surface area contributed by atoms with Gasteiger partial charge < -0.3 is 4.74 Å². The highest BCUT2D eigenvalue weighted by molar-refractivity contribution is 9.10. The number of nitrogens with zero attached hydrogens (tertiary/aromatic N) is 1. The average molecular weight is 498 g/mol. The Labute approximate surface area is 200 Å². The first-order chi connectivity index (χ1) is 16.1. The summed E-state index contributed by atoms with van der Waals surface area (Å²) in [6.07, 6.45) is 2.68. The molecule has 0 N–H and O–H groups in total. The number of carbonyl (C=O) groups excluding carboxylic acids is 2. The molecular formula is C28H20BrNO3. The fraction of sp³-hybridized carbons (Fsp3) is 0. The Hall–Kier alpha value is -3.96. The molecule has 162 valence electrons. The second kappa shape index (κ2) is 10.6. The van der Waals surface area contributed by atoms with Crippen molar-refractivity contribution in [3.8, 4) is 5.75 Å². The van der Waals surface area contributed by atoms with E-state index in [9.17, 15) is 9.59 Å². The molecule has 33 heavy (non-hydrogen) atoms. The van der Waals surface area contributed by atoms with Crippen molar-refractivity contribution in [2.45, 2.75) is 0 Å². The second-order valence-corrected chi connectivity index (χ2v) is 8.07. The molecule has 1 amide bonds. The Balaban J connectivity index is 1.52. The minimum Gasteiger partial charge on any atom is -0.410 e. The van der Waals surface area contributed by atoms with Crippen molar-refractivity contribution in [1.82, 2.24) is 0 Å². The summed E-state index contributed by atoms with van der Waals surface area (Å²) in [5, 5.41) is 0. The average Bonchev–Trinajstić information content (AvgIpc) is 2.85. The number of halogens is 1. The van der Waals surface area contributed by atoms with E-state index in [1.807, 2.05) is 78.9 Å². The zero-order valence-corrected chi connectivity index (χ0v) is 19.2. The molecule has 4 rings (SSSR count). The van der Waals surface area contributed by atoms with Gasteiger partial charge in [0.25, 0.3) is 0 Å². The predicted molar refractivity (Wildman–Crippen MR) is 135 cm³/mol. The third-order valence-corrected chi connectivity index (χ3v) is 5.36. The van der Waals surface area contributed by atoms with Gasteiger partial charge in [0.1, 0.15) is 5.75 Å². The molecule has 0 aromatic heterocycles. The summed E-state index contributed by atoms with van der Waals surface area (Å²) >= 11 is 3.36. The van der Waals surface area contributed by atoms with Gasteiger partial charge in [-0.15, -0.1) is 0 Å². The Morgan fingerprint density at radius 2 is 1.33 bits per heavy atom. The number of allylic oxidation sites excluding steroid dienone is 1. The molecule has 0 aliphatic carbocycles. The SMILES string of the molecule is O=C(/C=C/c1cccc(OC(=O)N(c2ccccc2)c2ccccc2)c1)c1ccc(Br)cc1. The molecule has 0 atom stereocenters. The zero-order valence-electron chi connectivity index (χ0n) is 17.6. The van der Waals surface area contributed by atoms with Crippen LogP contribution in [0.1, 0.15) is 15.9 Å². The topological polar surface area (TPSA) is 46.6 Å². The zero-order chi connectivity index (χ0) is 23.0. The van der Waals surface area contributed by atoms with E-state index in [0.717, 1.165) is 10.0 Å². The third kappa shape index (κ3) is 5.84. The van der Waals surface area contributed by atoms with E-state index < -0.39 is 6.09 Å². The summed E-state index contributed by atoms with van der Waals surface area (Å²) in [5.74, 6) is 0.277. The molecule has 4 aromatic rings. The van der Waals surface area contributed by atoms with E-state index in [1.165, 1.54) is 11.0 Å². The van der Waals surface area contributed by atoms with Crippen LogP contribution in [-0.4, -0.2) is 11.9 Å². The largest absolute Gasteiger partial charge is 0.424 e. The molecule has 0 aliphatic rings. The molecule has 4 nitrogen and oxygen atoms in total. The van der Waals surface area contributed by atoms with Gasteiger partial charge in [-0.1, -0.05) is 70.5 Å². The van der Waals surface area contributed by atoms with Crippen LogP contribution in [0, 0.1) is 0 Å². The van der Waals surface area contributed by atoms with Crippen LogP contribution in [-0.2, 0) is 0 Å². The summed E-state index contributed by atoms with van der Waals surface area (Å²) in [7, 11) is 0. The molecule has 4 aromatic carbocycles. The summed E-state index contributed by atoms with van der Waals surface area (Å²) < 4.78 is 6.61. The number of amides is 1. The van der Waals surface area contributed by atoms with Gasteiger partial charge in [-0.25, -0.2) is 9.69 Å². The predicted octanol–water partition coefficient (Wildman–Crippen LogP) is 7.68. The third-order valence-electron chi connectivity index (χ3n) is 4.83. The summed E-state index contributed by atoms with van der Waals surface area (Å²) in [4.78, 5) is 27.0. The first kappa shape index (κ1) is 22.2. The number of rotatable bonds is 6. The highest BCUT2D eigenvalue weighted by Gasteiger charge is 2.20. The van der Waals surface area contributed by atoms with Crippen molar-refractivity contribution >= 4 is 45.3 Å². The van der Waals surface area contributed by atoms with Gasteiger partial charge in [-0.3, -0.25) is 4.79 Å². The van der Waals surface area contributed by atoms with Crippen LogP contribution in [0.2, 0.25) is 0 Å². The minimum atomic E-state index is -0.528. The number of para-hydroxylation sites is 2. The van der Waals surface area contributed by atoms with Crippen molar-refractivity contribution < 1.29 is 14.3 Å². The number of anilines is 2. The monoisotopic (exact) mass is 497 g/mol. The molecule has 0 saturated heterocycles. The lowest BCUT2D eigenvalue weighted by Crippen LogP contribution is -2.29.